The summed E-state index contributed by atoms with van der Waals surface area (Å²) in [5, 5.41) is 4.11. The number of fused-ring (bicyclic) bond motifs is 1. The molecule has 0 atom stereocenters. The highest BCUT2D eigenvalue weighted by Crippen LogP contribution is 2.37. The number of benzene rings is 1. The number of anilines is 1. The minimum atomic E-state index is 0.279. The second kappa shape index (κ2) is 3.16. The predicted octanol–water partition coefficient (Wildman–Crippen LogP) is 1.40. The maximum absolute atomic E-state index is 5.91. The minimum absolute atomic E-state index is 0.279. The average Bonchev–Trinajstić information content (AvgIpc) is 2.86. The molecular weight excluding hydrogens is 206 g/mol. The van der Waals surface area contributed by atoms with E-state index in [1.807, 2.05) is 25.2 Å². The Morgan fingerprint density at radius 3 is 2.88 bits per heavy atom. The van der Waals surface area contributed by atoms with Gasteiger partial charge in [0.1, 0.15) is 5.82 Å². The fourth-order valence-electron chi connectivity index (χ4n) is 1.73. The quantitative estimate of drug-likeness (QED) is 0.784. The van der Waals surface area contributed by atoms with Crippen LogP contribution in [0.4, 0.5) is 5.82 Å². The zero-order valence-electron chi connectivity index (χ0n) is 8.80. The van der Waals surface area contributed by atoms with E-state index in [1.54, 1.807) is 10.9 Å². The zero-order chi connectivity index (χ0) is 11.1. The van der Waals surface area contributed by atoms with Crippen molar-refractivity contribution in [1.82, 2.24) is 9.78 Å². The molecule has 2 aromatic rings. The number of aryl methyl sites for hydroxylation is 1. The van der Waals surface area contributed by atoms with E-state index in [2.05, 4.69) is 5.10 Å². The fourth-order valence-corrected chi connectivity index (χ4v) is 1.73. The molecule has 0 bridgehead atoms. The first kappa shape index (κ1) is 9.08. The molecule has 0 saturated carbocycles. The smallest absolute Gasteiger partial charge is 0.231 e. The molecule has 0 unspecified atom stereocenters. The van der Waals surface area contributed by atoms with Crippen molar-refractivity contribution >= 4 is 5.82 Å². The highest BCUT2D eigenvalue weighted by molar-refractivity contribution is 5.75. The van der Waals surface area contributed by atoms with Crippen molar-refractivity contribution in [1.29, 1.82) is 0 Å². The number of aromatic nitrogens is 2. The molecule has 2 N–H and O–H groups in total. The third-order valence-electron chi connectivity index (χ3n) is 2.67. The maximum atomic E-state index is 5.91. The number of nitrogens with two attached hydrogens (primary N) is 1. The van der Waals surface area contributed by atoms with Crippen molar-refractivity contribution in [2.75, 3.05) is 12.5 Å². The van der Waals surface area contributed by atoms with Gasteiger partial charge in [0, 0.05) is 12.6 Å². The van der Waals surface area contributed by atoms with Crippen molar-refractivity contribution in [3.05, 3.63) is 24.4 Å². The van der Waals surface area contributed by atoms with Gasteiger partial charge in [-0.15, -0.1) is 0 Å². The standard InChI is InChI=1S/C11H11N3O2/c1-14-11(12)8(5-13-14)7-2-3-9-10(4-7)16-6-15-9/h2-5H,6,12H2,1H3. The minimum Gasteiger partial charge on any atom is -0.454 e. The lowest BCUT2D eigenvalue weighted by molar-refractivity contribution is 0.174. The summed E-state index contributed by atoms with van der Waals surface area (Å²) >= 11 is 0. The fraction of sp³-hybridized carbons (Fsp3) is 0.182. The molecule has 2 heterocycles. The topological polar surface area (TPSA) is 62.3 Å². The van der Waals surface area contributed by atoms with Gasteiger partial charge in [0.25, 0.3) is 0 Å². The lowest BCUT2D eigenvalue weighted by Crippen LogP contribution is -1.97. The molecular formula is C11H11N3O2. The van der Waals surface area contributed by atoms with Crippen LogP contribution in [0, 0.1) is 0 Å². The van der Waals surface area contributed by atoms with E-state index in [4.69, 9.17) is 15.2 Å². The molecule has 5 heteroatoms. The Bertz CT molecular complexity index is 548. The Kier molecular flexibility index (Phi) is 1.80. The Morgan fingerprint density at radius 2 is 2.12 bits per heavy atom. The van der Waals surface area contributed by atoms with Crippen LogP contribution in [0.2, 0.25) is 0 Å². The Balaban J connectivity index is 2.10. The van der Waals surface area contributed by atoms with Gasteiger partial charge in [0.2, 0.25) is 6.79 Å². The Labute approximate surface area is 92.4 Å². The van der Waals surface area contributed by atoms with Crippen LogP contribution >= 0.6 is 0 Å². The van der Waals surface area contributed by atoms with E-state index in [0.717, 1.165) is 22.6 Å². The summed E-state index contributed by atoms with van der Waals surface area (Å²) in [6.45, 7) is 0.279. The molecule has 0 spiro atoms. The highest BCUT2D eigenvalue weighted by Gasteiger charge is 2.15. The second-order valence-corrected chi connectivity index (χ2v) is 3.64. The summed E-state index contributed by atoms with van der Waals surface area (Å²) in [4.78, 5) is 0. The molecule has 3 rings (SSSR count). The molecule has 16 heavy (non-hydrogen) atoms. The number of hydrogen-bond acceptors (Lipinski definition) is 4. The Morgan fingerprint density at radius 1 is 1.31 bits per heavy atom. The third-order valence-corrected chi connectivity index (χ3v) is 2.67. The van der Waals surface area contributed by atoms with Gasteiger partial charge in [-0.1, -0.05) is 6.07 Å². The van der Waals surface area contributed by atoms with Gasteiger partial charge in [-0.05, 0) is 17.7 Å². The largest absolute Gasteiger partial charge is 0.454 e. The van der Waals surface area contributed by atoms with Crippen LogP contribution in [0.5, 0.6) is 11.5 Å². The molecule has 1 aliphatic rings. The molecule has 0 fully saturated rings. The summed E-state index contributed by atoms with van der Waals surface area (Å²) in [5.41, 5.74) is 7.79. The molecule has 5 nitrogen and oxygen atoms in total. The van der Waals surface area contributed by atoms with E-state index >= 15 is 0 Å². The Hall–Kier alpha value is -2.17. The van der Waals surface area contributed by atoms with Crippen molar-refractivity contribution in [2.45, 2.75) is 0 Å². The first-order chi connectivity index (χ1) is 7.75. The van der Waals surface area contributed by atoms with Crippen LogP contribution in [0.15, 0.2) is 24.4 Å². The summed E-state index contributed by atoms with van der Waals surface area (Å²) in [7, 11) is 1.81. The average molecular weight is 217 g/mol. The van der Waals surface area contributed by atoms with Gasteiger partial charge in [-0.25, -0.2) is 0 Å². The van der Waals surface area contributed by atoms with E-state index in [9.17, 15) is 0 Å². The maximum Gasteiger partial charge on any atom is 0.231 e. The summed E-state index contributed by atoms with van der Waals surface area (Å²) in [6.07, 6.45) is 1.74. The number of hydrogen-bond donors (Lipinski definition) is 1. The number of nitrogens with zero attached hydrogens (tertiary/aromatic N) is 2. The van der Waals surface area contributed by atoms with E-state index < -0.39 is 0 Å². The number of rotatable bonds is 1. The molecule has 1 aromatic carbocycles. The predicted molar refractivity (Wildman–Crippen MR) is 59.2 cm³/mol. The SMILES string of the molecule is Cn1ncc(-c2ccc3c(c2)OCO3)c1N. The molecule has 0 saturated heterocycles. The van der Waals surface area contributed by atoms with E-state index in [1.165, 1.54) is 0 Å². The lowest BCUT2D eigenvalue weighted by Gasteiger charge is -2.02. The van der Waals surface area contributed by atoms with Gasteiger partial charge in [0.15, 0.2) is 11.5 Å². The molecule has 82 valence electrons. The zero-order valence-corrected chi connectivity index (χ0v) is 8.80. The first-order valence-corrected chi connectivity index (χ1v) is 4.93. The molecule has 1 aliphatic heterocycles. The van der Waals surface area contributed by atoms with Crippen LogP contribution in [-0.4, -0.2) is 16.6 Å². The van der Waals surface area contributed by atoms with Crippen molar-refractivity contribution in [3.8, 4) is 22.6 Å². The van der Waals surface area contributed by atoms with Crippen LogP contribution in [-0.2, 0) is 7.05 Å². The molecule has 0 radical (unpaired) electrons. The number of nitrogen functional groups attached to an aromatic ring is 1. The van der Waals surface area contributed by atoms with Crippen LogP contribution < -0.4 is 15.2 Å². The number of ether oxygens (including phenoxy) is 2. The van der Waals surface area contributed by atoms with Crippen molar-refractivity contribution in [3.63, 3.8) is 0 Å². The van der Waals surface area contributed by atoms with Gasteiger partial charge >= 0.3 is 0 Å². The van der Waals surface area contributed by atoms with Crippen molar-refractivity contribution < 1.29 is 9.47 Å². The van der Waals surface area contributed by atoms with Gasteiger partial charge < -0.3 is 15.2 Å². The molecule has 0 amide bonds. The third kappa shape index (κ3) is 1.21. The van der Waals surface area contributed by atoms with Crippen LogP contribution in [0.25, 0.3) is 11.1 Å². The molecule has 1 aromatic heterocycles. The van der Waals surface area contributed by atoms with Crippen LogP contribution in [0.3, 0.4) is 0 Å². The van der Waals surface area contributed by atoms with Crippen molar-refractivity contribution in [2.24, 2.45) is 7.05 Å². The summed E-state index contributed by atoms with van der Waals surface area (Å²) in [6, 6.07) is 5.74. The highest BCUT2D eigenvalue weighted by atomic mass is 16.7. The second-order valence-electron chi connectivity index (χ2n) is 3.64. The van der Waals surface area contributed by atoms with Gasteiger partial charge in [-0.2, -0.15) is 5.10 Å². The van der Waals surface area contributed by atoms with Crippen LogP contribution in [0.1, 0.15) is 0 Å². The normalized spacial score (nSPS) is 13.1. The van der Waals surface area contributed by atoms with E-state index in [0.29, 0.717) is 5.82 Å². The molecule has 0 aliphatic carbocycles. The monoisotopic (exact) mass is 217 g/mol. The summed E-state index contributed by atoms with van der Waals surface area (Å²) in [5.74, 6) is 2.16. The lowest BCUT2D eigenvalue weighted by atomic mass is 10.1. The van der Waals surface area contributed by atoms with Gasteiger partial charge in [-0.3, -0.25) is 4.68 Å². The van der Waals surface area contributed by atoms with Gasteiger partial charge in [0.05, 0.1) is 6.20 Å². The first-order valence-electron chi connectivity index (χ1n) is 4.93. The summed E-state index contributed by atoms with van der Waals surface area (Å²) < 4.78 is 12.2. The van der Waals surface area contributed by atoms with E-state index in [-0.39, 0.29) is 6.79 Å².